The molecular formula is C13H9NO2S2. The first-order chi connectivity index (χ1) is 8.59. The third-order valence-electron chi connectivity index (χ3n) is 2.80. The van der Waals surface area contributed by atoms with Gasteiger partial charge in [0.15, 0.2) is 11.6 Å². The molecule has 0 spiro atoms. The molecule has 0 radical (unpaired) electrons. The van der Waals surface area contributed by atoms with E-state index in [4.69, 9.17) is 0 Å². The highest BCUT2D eigenvalue weighted by Crippen LogP contribution is 2.37. The second-order valence-electron chi connectivity index (χ2n) is 4.05. The lowest BCUT2D eigenvalue weighted by molar-refractivity contribution is 0.101. The molecule has 0 fully saturated rings. The van der Waals surface area contributed by atoms with Crippen LogP contribution in [0.3, 0.4) is 0 Å². The molecule has 0 amide bonds. The summed E-state index contributed by atoms with van der Waals surface area (Å²) in [6.07, 6.45) is 1.77. The van der Waals surface area contributed by atoms with Gasteiger partial charge in [-0.2, -0.15) is 0 Å². The first-order valence-corrected chi connectivity index (χ1v) is 7.09. The van der Waals surface area contributed by atoms with E-state index in [0.29, 0.717) is 15.3 Å². The van der Waals surface area contributed by atoms with Crippen molar-refractivity contribution < 1.29 is 9.59 Å². The third-order valence-corrected chi connectivity index (χ3v) is 5.03. The smallest absolute Gasteiger partial charge is 0.171 e. The van der Waals surface area contributed by atoms with E-state index in [2.05, 4.69) is 4.98 Å². The molecule has 90 valence electrons. The van der Waals surface area contributed by atoms with E-state index in [1.165, 1.54) is 25.2 Å². The summed E-state index contributed by atoms with van der Waals surface area (Å²) in [7, 11) is 0. The number of nitrogens with zero attached hydrogens (tertiary/aromatic N) is 1. The standard InChI is InChI=1S/C13H9NO2S2/c1-6(15)12-10-8-3-4-17-9(8)5-14-11(10)13(18-12)7(2)16/h3-5H,1-2H3. The van der Waals surface area contributed by atoms with Crippen LogP contribution in [0.2, 0.25) is 0 Å². The Morgan fingerprint density at radius 1 is 1.17 bits per heavy atom. The zero-order valence-corrected chi connectivity index (χ0v) is 11.4. The van der Waals surface area contributed by atoms with Gasteiger partial charge in [0.2, 0.25) is 0 Å². The predicted octanol–water partition coefficient (Wildman–Crippen LogP) is 3.92. The molecule has 3 aromatic rings. The van der Waals surface area contributed by atoms with Crippen LogP contribution >= 0.6 is 22.7 Å². The Bertz CT molecular complexity index is 798. The lowest BCUT2D eigenvalue weighted by atomic mass is 10.1. The van der Waals surface area contributed by atoms with Crippen LogP contribution in [-0.2, 0) is 0 Å². The monoisotopic (exact) mass is 275 g/mol. The molecule has 0 bridgehead atoms. The van der Waals surface area contributed by atoms with Gasteiger partial charge in [-0.05, 0) is 18.4 Å². The number of carbonyl (C=O) groups is 2. The summed E-state index contributed by atoms with van der Waals surface area (Å²) >= 11 is 2.84. The van der Waals surface area contributed by atoms with Crippen LogP contribution in [0, 0.1) is 0 Å². The minimum Gasteiger partial charge on any atom is -0.294 e. The van der Waals surface area contributed by atoms with Gasteiger partial charge in [-0.25, -0.2) is 0 Å². The van der Waals surface area contributed by atoms with E-state index in [1.54, 1.807) is 17.5 Å². The van der Waals surface area contributed by atoms with Crippen molar-refractivity contribution in [1.82, 2.24) is 4.98 Å². The van der Waals surface area contributed by atoms with Gasteiger partial charge in [0.25, 0.3) is 0 Å². The fraction of sp³-hybridized carbons (Fsp3) is 0.154. The summed E-state index contributed by atoms with van der Waals surface area (Å²) < 4.78 is 1.04. The Morgan fingerprint density at radius 3 is 2.56 bits per heavy atom. The van der Waals surface area contributed by atoms with Gasteiger partial charge < -0.3 is 0 Å². The molecule has 0 N–H and O–H groups in total. The Labute approximate surface area is 111 Å². The van der Waals surface area contributed by atoms with Crippen molar-refractivity contribution in [3.8, 4) is 0 Å². The van der Waals surface area contributed by atoms with Crippen LogP contribution < -0.4 is 0 Å². The molecule has 0 aliphatic heterocycles. The molecule has 3 rings (SSSR count). The normalized spacial score (nSPS) is 11.2. The van der Waals surface area contributed by atoms with Crippen LogP contribution in [-0.4, -0.2) is 16.6 Å². The molecule has 0 unspecified atom stereocenters. The van der Waals surface area contributed by atoms with Crippen molar-refractivity contribution in [2.24, 2.45) is 0 Å². The van der Waals surface area contributed by atoms with Gasteiger partial charge in [-0.1, -0.05) is 0 Å². The van der Waals surface area contributed by atoms with Gasteiger partial charge in [0, 0.05) is 23.9 Å². The second-order valence-corrected chi connectivity index (χ2v) is 6.02. The number of rotatable bonds is 2. The Hall–Kier alpha value is -1.59. The number of thiophene rings is 2. The first kappa shape index (κ1) is 11.5. The molecule has 5 heteroatoms. The Kier molecular flexibility index (Phi) is 2.53. The van der Waals surface area contributed by atoms with Crippen molar-refractivity contribution in [1.29, 1.82) is 0 Å². The van der Waals surface area contributed by atoms with Crippen LogP contribution in [0.25, 0.3) is 21.0 Å². The summed E-state index contributed by atoms with van der Waals surface area (Å²) in [6.45, 7) is 3.04. The topological polar surface area (TPSA) is 47.0 Å². The summed E-state index contributed by atoms with van der Waals surface area (Å²) in [5.74, 6) is -0.0578. The number of hydrogen-bond acceptors (Lipinski definition) is 5. The fourth-order valence-electron chi connectivity index (χ4n) is 2.03. The number of hydrogen-bond donors (Lipinski definition) is 0. The van der Waals surface area contributed by atoms with E-state index < -0.39 is 0 Å². The summed E-state index contributed by atoms with van der Waals surface area (Å²) in [6, 6.07) is 1.98. The SMILES string of the molecule is CC(=O)c1sc(C(C)=O)c2c1ncc1sccc12. The van der Waals surface area contributed by atoms with Crippen LogP contribution in [0.15, 0.2) is 17.6 Å². The van der Waals surface area contributed by atoms with E-state index >= 15 is 0 Å². The summed E-state index contributed by atoms with van der Waals surface area (Å²) in [5.41, 5.74) is 0.656. The minimum absolute atomic E-state index is 0.0157. The lowest BCUT2D eigenvalue weighted by Crippen LogP contribution is -1.89. The van der Waals surface area contributed by atoms with Crippen molar-refractivity contribution >= 4 is 55.2 Å². The molecule has 3 nitrogen and oxygen atoms in total. The molecule has 0 saturated heterocycles. The zero-order valence-electron chi connectivity index (χ0n) is 9.81. The van der Waals surface area contributed by atoms with Gasteiger partial charge in [-0.15, -0.1) is 22.7 Å². The average molecular weight is 275 g/mol. The van der Waals surface area contributed by atoms with Gasteiger partial charge in [0.1, 0.15) is 0 Å². The van der Waals surface area contributed by atoms with Crippen LogP contribution in [0.1, 0.15) is 33.2 Å². The lowest BCUT2D eigenvalue weighted by Gasteiger charge is -1.96. The highest BCUT2D eigenvalue weighted by atomic mass is 32.1. The fourth-order valence-corrected chi connectivity index (χ4v) is 3.85. The molecule has 0 aliphatic carbocycles. The van der Waals surface area contributed by atoms with E-state index in [0.717, 1.165) is 15.5 Å². The maximum atomic E-state index is 11.7. The molecular weight excluding hydrogens is 266 g/mol. The second kappa shape index (κ2) is 3.96. The largest absolute Gasteiger partial charge is 0.294 e. The zero-order chi connectivity index (χ0) is 12.9. The van der Waals surface area contributed by atoms with Gasteiger partial charge in [0.05, 0.1) is 20.0 Å². The molecule has 3 heterocycles. The van der Waals surface area contributed by atoms with Crippen molar-refractivity contribution in [2.45, 2.75) is 13.8 Å². The first-order valence-electron chi connectivity index (χ1n) is 5.40. The molecule has 18 heavy (non-hydrogen) atoms. The average Bonchev–Trinajstić information content (AvgIpc) is 2.91. The maximum absolute atomic E-state index is 11.7. The number of pyridine rings is 1. The predicted molar refractivity (Wildman–Crippen MR) is 75.0 cm³/mol. The minimum atomic E-state index is -0.0421. The quantitative estimate of drug-likeness (QED) is 0.666. The molecule has 3 aromatic heterocycles. The number of ketones is 2. The highest BCUT2D eigenvalue weighted by molar-refractivity contribution is 7.19. The summed E-state index contributed by atoms with van der Waals surface area (Å²) in [4.78, 5) is 28.9. The molecule has 0 saturated carbocycles. The Morgan fingerprint density at radius 2 is 1.89 bits per heavy atom. The van der Waals surface area contributed by atoms with Crippen molar-refractivity contribution in [3.05, 3.63) is 27.4 Å². The summed E-state index contributed by atoms with van der Waals surface area (Å²) in [5, 5.41) is 3.82. The van der Waals surface area contributed by atoms with Crippen molar-refractivity contribution in [3.63, 3.8) is 0 Å². The van der Waals surface area contributed by atoms with Crippen LogP contribution in [0.4, 0.5) is 0 Å². The van der Waals surface area contributed by atoms with Gasteiger partial charge >= 0.3 is 0 Å². The number of carbonyl (C=O) groups excluding carboxylic acids is 2. The molecule has 0 aromatic carbocycles. The van der Waals surface area contributed by atoms with E-state index in [1.807, 2.05) is 11.4 Å². The van der Waals surface area contributed by atoms with Crippen LogP contribution in [0.5, 0.6) is 0 Å². The maximum Gasteiger partial charge on any atom is 0.171 e. The Balaban J connectivity index is 2.56. The molecule has 0 aliphatic rings. The van der Waals surface area contributed by atoms with E-state index in [9.17, 15) is 9.59 Å². The molecule has 0 atom stereocenters. The van der Waals surface area contributed by atoms with E-state index in [-0.39, 0.29) is 11.6 Å². The number of fused-ring (bicyclic) bond motifs is 3. The van der Waals surface area contributed by atoms with Gasteiger partial charge in [-0.3, -0.25) is 14.6 Å². The number of Topliss-reactive ketones (excluding diaryl/α,β-unsaturated/α-hetero) is 2. The third kappa shape index (κ3) is 1.51. The highest BCUT2D eigenvalue weighted by Gasteiger charge is 2.20. The van der Waals surface area contributed by atoms with Crippen molar-refractivity contribution in [2.75, 3.05) is 0 Å². The number of aromatic nitrogens is 1.